The fraction of sp³-hybridized carbons (Fsp3) is 0.286. The molecule has 0 radical (unpaired) electrons. The summed E-state index contributed by atoms with van der Waals surface area (Å²) in [6, 6.07) is 12.8. The predicted molar refractivity (Wildman–Crippen MR) is 77.4 cm³/mol. The smallest absolute Gasteiger partial charge is 0.240 e. The van der Waals surface area contributed by atoms with Crippen molar-refractivity contribution >= 4 is 20.8 Å². The number of unbranched alkanes of at least 4 members (excludes halogenated alkanes) is 1. The number of hydrogen-bond donors (Lipinski definition) is 2. The highest BCUT2D eigenvalue weighted by Crippen LogP contribution is 2.18. The Morgan fingerprint density at radius 2 is 1.74 bits per heavy atom. The van der Waals surface area contributed by atoms with E-state index in [1.165, 1.54) is 0 Å². The average molecular weight is 278 g/mol. The predicted octanol–water partition coefficient (Wildman–Crippen LogP) is 1.86. The van der Waals surface area contributed by atoms with Crippen LogP contribution in [0.15, 0.2) is 47.4 Å². The molecule has 2 aromatic rings. The Morgan fingerprint density at radius 1 is 1.00 bits per heavy atom. The Morgan fingerprint density at radius 3 is 2.47 bits per heavy atom. The van der Waals surface area contributed by atoms with Gasteiger partial charge in [-0.25, -0.2) is 13.1 Å². The number of fused-ring (bicyclic) bond motifs is 1. The fourth-order valence-corrected chi connectivity index (χ4v) is 3.00. The van der Waals surface area contributed by atoms with Gasteiger partial charge in [0.05, 0.1) is 4.90 Å². The van der Waals surface area contributed by atoms with Crippen molar-refractivity contribution < 1.29 is 8.42 Å². The molecule has 0 fully saturated rings. The lowest BCUT2D eigenvalue weighted by Crippen LogP contribution is -2.25. The Balaban J connectivity index is 2.18. The molecule has 2 rings (SSSR count). The van der Waals surface area contributed by atoms with Crippen LogP contribution in [0.25, 0.3) is 10.8 Å². The van der Waals surface area contributed by atoms with Crippen LogP contribution in [-0.2, 0) is 10.0 Å². The van der Waals surface area contributed by atoms with Crippen LogP contribution < -0.4 is 10.5 Å². The number of benzene rings is 2. The van der Waals surface area contributed by atoms with Crippen molar-refractivity contribution in [2.75, 3.05) is 13.1 Å². The van der Waals surface area contributed by atoms with E-state index in [0.29, 0.717) is 18.0 Å². The second kappa shape index (κ2) is 6.14. The van der Waals surface area contributed by atoms with E-state index in [4.69, 9.17) is 5.73 Å². The Hall–Kier alpha value is -1.43. The molecule has 5 heteroatoms. The van der Waals surface area contributed by atoms with E-state index in [-0.39, 0.29) is 0 Å². The summed E-state index contributed by atoms with van der Waals surface area (Å²) in [7, 11) is -3.42. The molecule has 4 nitrogen and oxygen atoms in total. The molecule has 2 aromatic carbocycles. The molecule has 0 saturated heterocycles. The van der Waals surface area contributed by atoms with Gasteiger partial charge in [-0.1, -0.05) is 30.3 Å². The third-order valence-corrected chi connectivity index (χ3v) is 4.41. The zero-order chi connectivity index (χ0) is 13.7. The lowest BCUT2D eigenvalue weighted by Gasteiger charge is -2.07. The van der Waals surface area contributed by atoms with Crippen molar-refractivity contribution in [1.29, 1.82) is 0 Å². The largest absolute Gasteiger partial charge is 0.330 e. The molecule has 0 aromatic heterocycles. The maximum atomic E-state index is 12.1. The van der Waals surface area contributed by atoms with E-state index in [2.05, 4.69) is 4.72 Å². The van der Waals surface area contributed by atoms with Gasteiger partial charge in [0.25, 0.3) is 0 Å². The van der Waals surface area contributed by atoms with Crippen LogP contribution in [0.1, 0.15) is 12.8 Å². The number of nitrogens with one attached hydrogen (secondary N) is 1. The molecule has 0 unspecified atom stereocenters. The zero-order valence-electron chi connectivity index (χ0n) is 10.7. The topological polar surface area (TPSA) is 72.2 Å². The molecule has 3 N–H and O–H groups in total. The van der Waals surface area contributed by atoms with Crippen LogP contribution in [0.2, 0.25) is 0 Å². The summed E-state index contributed by atoms with van der Waals surface area (Å²) in [4.78, 5) is 0.305. The van der Waals surface area contributed by atoms with Gasteiger partial charge in [0.15, 0.2) is 0 Å². The van der Waals surface area contributed by atoms with Crippen molar-refractivity contribution in [1.82, 2.24) is 4.72 Å². The SMILES string of the molecule is NCCCCNS(=O)(=O)c1ccc2ccccc2c1. The van der Waals surface area contributed by atoms with Crippen LogP contribution in [0.5, 0.6) is 0 Å². The highest BCUT2D eigenvalue weighted by molar-refractivity contribution is 7.89. The Labute approximate surface area is 113 Å². The molecule has 0 bridgehead atoms. The standard InChI is InChI=1S/C14H18N2O2S/c15-9-3-4-10-16-19(17,18)14-8-7-12-5-1-2-6-13(12)11-14/h1-2,5-8,11,16H,3-4,9-10,15H2. The van der Waals surface area contributed by atoms with Crippen LogP contribution in [0, 0.1) is 0 Å². The molecule has 0 spiro atoms. The highest BCUT2D eigenvalue weighted by Gasteiger charge is 2.13. The molecule has 19 heavy (non-hydrogen) atoms. The van der Waals surface area contributed by atoms with E-state index in [0.717, 1.165) is 23.6 Å². The van der Waals surface area contributed by atoms with Crippen molar-refractivity contribution in [2.45, 2.75) is 17.7 Å². The van der Waals surface area contributed by atoms with Crippen molar-refractivity contribution in [2.24, 2.45) is 5.73 Å². The van der Waals surface area contributed by atoms with E-state index >= 15 is 0 Å². The summed E-state index contributed by atoms with van der Waals surface area (Å²) < 4.78 is 26.8. The Bertz CT molecular complexity index is 653. The number of rotatable bonds is 6. The maximum absolute atomic E-state index is 12.1. The van der Waals surface area contributed by atoms with Gasteiger partial charge >= 0.3 is 0 Å². The molecule has 0 atom stereocenters. The summed E-state index contributed by atoms with van der Waals surface area (Å²) in [5.74, 6) is 0. The summed E-state index contributed by atoms with van der Waals surface area (Å²) in [6.45, 7) is 1.00. The molecular weight excluding hydrogens is 260 g/mol. The molecule has 0 amide bonds. The number of hydrogen-bond acceptors (Lipinski definition) is 3. The lowest BCUT2D eigenvalue weighted by molar-refractivity contribution is 0.577. The van der Waals surface area contributed by atoms with E-state index in [1.54, 1.807) is 12.1 Å². The summed E-state index contributed by atoms with van der Waals surface area (Å²) in [5.41, 5.74) is 5.37. The number of nitrogens with two attached hydrogens (primary N) is 1. The first-order valence-corrected chi connectivity index (χ1v) is 7.80. The van der Waals surface area contributed by atoms with Crippen LogP contribution in [-0.4, -0.2) is 21.5 Å². The van der Waals surface area contributed by atoms with Gasteiger partial charge in [-0.05, 0) is 42.3 Å². The first-order chi connectivity index (χ1) is 9.13. The van der Waals surface area contributed by atoms with E-state index in [9.17, 15) is 8.42 Å². The quantitative estimate of drug-likeness (QED) is 0.792. The fourth-order valence-electron chi connectivity index (χ4n) is 1.89. The van der Waals surface area contributed by atoms with Gasteiger partial charge in [0.1, 0.15) is 0 Å². The first-order valence-electron chi connectivity index (χ1n) is 6.32. The summed E-state index contributed by atoms with van der Waals surface area (Å²) in [5, 5.41) is 1.96. The maximum Gasteiger partial charge on any atom is 0.240 e. The van der Waals surface area contributed by atoms with Gasteiger partial charge in [-0.3, -0.25) is 0 Å². The van der Waals surface area contributed by atoms with E-state index in [1.807, 2.05) is 30.3 Å². The molecule has 102 valence electrons. The van der Waals surface area contributed by atoms with Crippen molar-refractivity contribution in [3.63, 3.8) is 0 Å². The molecule has 0 heterocycles. The molecular formula is C14H18N2O2S. The molecule has 0 aliphatic carbocycles. The zero-order valence-corrected chi connectivity index (χ0v) is 11.5. The molecule has 0 aliphatic rings. The van der Waals surface area contributed by atoms with Gasteiger partial charge < -0.3 is 5.73 Å². The second-order valence-electron chi connectivity index (χ2n) is 4.40. The van der Waals surface area contributed by atoms with Gasteiger partial charge in [0, 0.05) is 6.54 Å². The first kappa shape index (κ1) is 14.0. The average Bonchev–Trinajstić information content (AvgIpc) is 2.43. The minimum atomic E-state index is -3.42. The van der Waals surface area contributed by atoms with Gasteiger partial charge in [-0.2, -0.15) is 0 Å². The third-order valence-electron chi connectivity index (χ3n) is 2.95. The normalized spacial score (nSPS) is 11.8. The third kappa shape index (κ3) is 3.53. The van der Waals surface area contributed by atoms with Crippen LogP contribution >= 0.6 is 0 Å². The van der Waals surface area contributed by atoms with Crippen molar-refractivity contribution in [3.8, 4) is 0 Å². The second-order valence-corrected chi connectivity index (χ2v) is 6.17. The van der Waals surface area contributed by atoms with Crippen LogP contribution in [0.3, 0.4) is 0 Å². The van der Waals surface area contributed by atoms with E-state index < -0.39 is 10.0 Å². The monoisotopic (exact) mass is 278 g/mol. The van der Waals surface area contributed by atoms with Crippen molar-refractivity contribution in [3.05, 3.63) is 42.5 Å². The molecule has 0 aliphatic heterocycles. The molecule has 0 saturated carbocycles. The van der Waals surface area contributed by atoms with Crippen LogP contribution in [0.4, 0.5) is 0 Å². The summed E-state index contributed by atoms with van der Waals surface area (Å²) in [6.07, 6.45) is 1.57. The highest BCUT2D eigenvalue weighted by atomic mass is 32.2. The van der Waals surface area contributed by atoms with Gasteiger partial charge in [0.2, 0.25) is 10.0 Å². The minimum Gasteiger partial charge on any atom is -0.330 e. The Kier molecular flexibility index (Phi) is 4.52. The minimum absolute atomic E-state index is 0.305. The number of sulfonamides is 1. The van der Waals surface area contributed by atoms with Gasteiger partial charge in [-0.15, -0.1) is 0 Å². The summed E-state index contributed by atoms with van der Waals surface area (Å²) >= 11 is 0. The lowest BCUT2D eigenvalue weighted by atomic mass is 10.1.